The molecule has 0 bridgehead atoms. The van der Waals surface area contributed by atoms with Crippen molar-refractivity contribution < 1.29 is 4.74 Å². The van der Waals surface area contributed by atoms with Gasteiger partial charge in [-0.15, -0.1) is 11.3 Å². The van der Waals surface area contributed by atoms with Crippen LogP contribution in [0.5, 0.6) is 0 Å². The minimum Gasteiger partial charge on any atom is -0.379 e. The highest BCUT2D eigenvalue weighted by molar-refractivity contribution is 7.09. The van der Waals surface area contributed by atoms with Gasteiger partial charge >= 0.3 is 0 Å². The fourth-order valence-electron chi connectivity index (χ4n) is 2.16. The third-order valence-corrected chi connectivity index (χ3v) is 4.24. The van der Waals surface area contributed by atoms with Crippen molar-refractivity contribution in [3.8, 4) is 11.3 Å². The molecule has 20 heavy (non-hydrogen) atoms. The quantitative estimate of drug-likeness (QED) is 0.886. The Hall–Kier alpha value is -1.23. The molecule has 0 aliphatic heterocycles. The molecule has 0 radical (unpaired) electrons. The summed E-state index contributed by atoms with van der Waals surface area (Å²) >= 11 is 1.67. The van der Waals surface area contributed by atoms with E-state index in [2.05, 4.69) is 36.3 Å². The van der Waals surface area contributed by atoms with E-state index in [-0.39, 0.29) is 11.6 Å². The van der Waals surface area contributed by atoms with Gasteiger partial charge in [-0.3, -0.25) is 0 Å². The zero-order chi connectivity index (χ0) is 14.6. The average Bonchev–Trinajstić information content (AvgIpc) is 2.87. The first-order valence-electron chi connectivity index (χ1n) is 6.81. The zero-order valence-electron chi connectivity index (χ0n) is 12.3. The maximum Gasteiger partial charge on any atom is 0.0948 e. The van der Waals surface area contributed by atoms with Crippen LogP contribution in [0.1, 0.15) is 25.3 Å². The molecular weight excluding hydrogens is 268 g/mol. The molecule has 2 N–H and O–H groups in total. The van der Waals surface area contributed by atoms with Crippen LogP contribution in [0.15, 0.2) is 35.7 Å². The Kier molecular flexibility index (Phi) is 4.91. The molecule has 1 atom stereocenters. The Morgan fingerprint density at radius 1 is 1.30 bits per heavy atom. The van der Waals surface area contributed by atoms with Gasteiger partial charge < -0.3 is 10.5 Å². The summed E-state index contributed by atoms with van der Waals surface area (Å²) in [6, 6.07) is 10.3. The molecular formula is C16H22N2OS. The number of hydrogen-bond donors (Lipinski definition) is 1. The van der Waals surface area contributed by atoms with E-state index in [0.29, 0.717) is 0 Å². The van der Waals surface area contributed by atoms with Crippen LogP contribution >= 0.6 is 11.3 Å². The van der Waals surface area contributed by atoms with Gasteiger partial charge in [-0.05, 0) is 20.3 Å². The van der Waals surface area contributed by atoms with Gasteiger partial charge in [-0.1, -0.05) is 30.3 Å². The van der Waals surface area contributed by atoms with Gasteiger partial charge in [-0.25, -0.2) is 4.98 Å². The van der Waals surface area contributed by atoms with E-state index >= 15 is 0 Å². The summed E-state index contributed by atoms with van der Waals surface area (Å²) in [6.45, 7) is 4.12. The smallest absolute Gasteiger partial charge is 0.0948 e. The Bertz CT molecular complexity index is 536. The molecule has 0 saturated heterocycles. The number of rotatable bonds is 6. The lowest BCUT2D eigenvalue weighted by Crippen LogP contribution is -2.35. The van der Waals surface area contributed by atoms with Gasteiger partial charge in [0.2, 0.25) is 0 Å². The molecule has 1 aromatic carbocycles. The second-order valence-corrected chi connectivity index (χ2v) is 6.57. The lowest BCUT2D eigenvalue weighted by atomic mass is 9.97. The first-order valence-corrected chi connectivity index (χ1v) is 7.69. The molecule has 1 heterocycles. The molecule has 4 heteroatoms. The fourth-order valence-corrected chi connectivity index (χ4v) is 3.06. The van der Waals surface area contributed by atoms with Crippen LogP contribution in [0.4, 0.5) is 0 Å². The second-order valence-electron chi connectivity index (χ2n) is 5.62. The minimum absolute atomic E-state index is 0.0692. The third-order valence-electron chi connectivity index (χ3n) is 3.36. The second kappa shape index (κ2) is 6.48. The lowest BCUT2D eigenvalue weighted by molar-refractivity contribution is 0.0102. The summed E-state index contributed by atoms with van der Waals surface area (Å²) in [5, 5.41) is 3.18. The van der Waals surface area contributed by atoms with Crippen LogP contribution in [-0.2, 0) is 11.2 Å². The van der Waals surface area contributed by atoms with Gasteiger partial charge in [0.1, 0.15) is 0 Å². The van der Waals surface area contributed by atoms with Gasteiger partial charge in [0, 0.05) is 30.5 Å². The average molecular weight is 290 g/mol. The summed E-state index contributed by atoms with van der Waals surface area (Å²) in [5.74, 6) is 0. The van der Waals surface area contributed by atoms with E-state index in [1.54, 1.807) is 18.4 Å². The molecule has 3 nitrogen and oxygen atoms in total. The lowest BCUT2D eigenvalue weighted by Gasteiger charge is -2.26. The van der Waals surface area contributed by atoms with Gasteiger partial charge in [-0.2, -0.15) is 0 Å². The maximum atomic E-state index is 6.20. The van der Waals surface area contributed by atoms with Crippen molar-refractivity contribution in [1.29, 1.82) is 0 Å². The van der Waals surface area contributed by atoms with Crippen molar-refractivity contribution in [1.82, 2.24) is 4.98 Å². The predicted molar refractivity (Wildman–Crippen MR) is 84.9 cm³/mol. The number of benzene rings is 1. The van der Waals surface area contributed by atoms with Gasteiger partial charge in [0.25, 0.3) is 0 Å². The van der Waals surface area contributed by atoms with Crippen molar-refractivity contribution in [3.63, 3.8) is 0 Å². The summed E-state index contributed by atoms with van der Waals surface area (Å²) in [4.78, 5) is 4.67. The van der Waals surface area contributed by atoms with Crippen LogP contribution in [-0.4, -0.2) is 23.7 Å². The van der Waals surface area contributed by atoms with Gasteiger partial charge in [0.15, 0.2) is 0 Å². The van der Waals surface area contributed by atoms with E-state index in [1.165, 1.54) is 0 Å². The molecule has 0 aliphatic rings. The van der Waals surface area contributed by atoms with Crippen LogP contribution in [0.25, 0.3) is 11.3 Å². The van der Waals surface area contributed by atoms with E-state index < -0.39 is 0 Å². The summed E-state index contributed by atoms with van der Waals surface area (Å²) in [7, 11) is 1.73. The van der Waals surface area contributed by atoms with Crippen LogP contribution in [0, 0.1) is 0 Å². The molecule has 108 valence electrons. The molecule has 2 aromatic rings. The number of hydrogen-bond acceptors (Lipinski definition) is 4. The SMILES string of the molecule is COC(C)(C)CC(N)Cc1nc(-c2ccccc2)cs1. The van der Waals surface area contributed by atoms with Crippen molar-refractivity contribution >= 4 is 11.3 Å². The highest BCUT2D eigenvalue weighted by Crippen LogP contribution is 2.23. The molecule has 2 rings (SSSR count). The van der Waals surface area contributed by atoms with Gasteiger partial charge in [0.05, 0.1) is 16.3 Å². The van der Waals surface area contributed by atoms with Crippen molar-refractivity contribution in [2.45, 2.75) is 38.3 Å². The Morgan fingerprint density at radius 3 is 2.65 bits per heavy atom. The molecule has 0 spiro atoms. The molecule has 0 saturated carbocycles. The van der Waals surface area contributed by atoms with Crippen LogP contribution < -0.4 is 5.73 Å². The molecule has 1 unspecified atom stereocenters. The Morgan fingerprint density at radius 2 is 2.00 bits per heavy atom. The van der Waals surface area contributed by atoms with E-state index in [4.69, 9.17) is 10.5 Å². The number of aromatic nitrogens is 1. The summed E-state index contributed by atoms with van der Waals surface area (Å²) in [6.07, 6.45) is 1.62. The van der Waals surface area contributed by atoms with E-state index in [9.17, 15) is 0 Å². The van der Waals surface area contributed by atoms with Crippen molar-refractivity contribution in [2.75, 3.05) is 7.11 Å². The van der Waals surface area contributed by atoms with E-state index in [0.717, 1.165) is 29.1 Å². The Balaban J connectivity index is 2.00. The fraction of sp³-hybridized carbons (Fsp3) is 0.438. The van der Waals surface area contributed by atoms with Crippen LogP contribution in [0.3, 0.4) is 0 Å². The number of nitrogens with two attached hydrogens (primary N) is 1. The topological polar surface area (TPSA) is 48.1 Å². The van der Waals surface area contributed by atoms with Crippen molar-refractivity contribution in [2.24, 2.45) is 5.73 Å². The number of thiazole rings is 1. The predicted octanol–water partition coefficient (Wildman–Crippen LogP) is 3.50. The van der Waals surface area contributed by atoms with E-state index in [1.807, 2.05) is 18.2 Å². The summed E-state index contributed by atoms with van der Waals surface area (Å²) < 4.78 is 5.42. The Labute approximate surface area is 124 Å². The first kappa shape index (κ1) is 15.2. The first-order chi connectivity index (χ1) is 9.50. The third kappa shape index (κ3) is 4.13. The zero-order valence-corrected chi connectivity index (χ0v) is 13.1. The number of ether oxygens (including phenoxy) is 1. The van der Waals surface area contributed by atoms with Crippen LogP contribution in [0.2, 0.25) is 0 Å². The molecule has 1 aromatic heterocycles. The molecule has 0 fully saturated rings. The maximum absolute atomic E-state index is 6.20. The normalized spacial score (nSPS) is 13.4. The highest BCUT2D eigenvalue weighted by Gasteiger charge is 2.21. The molecule has 0 amide bonds. The number of nitrogens with zero attached hydrogens (tertiary/aromatic N) is 1. The summed E-state index contributed by atoms with van der Waals surface area (Å²) in [5.41, 5.74) is 8.21. The minimum atomic E-state index is -0.182. The number of methoxy groups -OCH3 is 1. The highest BCUT2D eigenvalue weighted by atomic mass is 32.1. The standard InChI is InChI=1S/C16H22N2OS/c1-16(2,19-3)10-13(17)9-15-18-14(11-20-15)12-7-5-4-6-8-12/h4-8,11,13H,9-10,17H2,1-3H3. The van der Waals surface area contributed by atoms with Crippen molar-refractivity contribution in [3.05, 3.63) is 40.7 Å². The monoisotopic (exact) mass is 290 g/mol. The largest absolute Gasteiger partial charge is 0.379 e. The molecule has 0 aliphatic carbocycles.